The third kappa shape index (κ3) is 3.52. The lowest BCUT2D eigenvalue weighted by Gasteiger charge is -2.05. The Labute approximate surface area is 142 Å². The maximum absolute atomic E-state index is 14.5. The van der Waals surface area contributed by atoms with Crippen molar-refractivity contribution in [2.45, 2.75) is 0 Å². The second kappa shape index (κ2) is 6.91. The molecule has 1 aromatic carbocycles. The van der Waals surface area contributed by atoms with Gasteiger partial charge in [-0.1, -0.05) is 18.2 Å². The van der Waals surface area contributed by atoms with E-state index in [9.17, 15) is 14.0 Å². The average molecular weight is 339 g/mol. The van der Waals surface area contributed by atoms with Crippen LogP contribution in [0.2, 0.25) is 0 Å². The monoisotopic (exact) mass is 339 g/mol. The van der Waals surface area contributed by atoms with E-state index in [1.54, 1.807) is 48.7 Å². The highest BCUT2D eigenvalue weighted by Gasteiger charge is 2.24. The minimum atomic E-state index is -0.909. The second-order valence-corrected chi connectivity index (χ2v) is 5.15. The molecule has 2 aromatic heterocycles. The highest BCUT2D eigenvalue weighted by atomic mass is 19.1. The summed E-state index contributed by atoms with van der Waals surface area (Å²) >= 11 is 0. The van der Waals surface area contributed by atoms with Crippen LogP contribution in [-0.2, 0) is 7.05 Å². The number of carbonyl (C=O) groups excluding carboxylic acids is 2. The van der Waals surface area contributed by atoms with E-state index in [-0.39, 0.29) is 5.82 Å². The van der Waals surface area contributed by atoms with Gasteiger partial charge in [0.15, 0.2) is 17.3 Å². The van der Waals surface area contributed by atoms with E-state index in [0.29, 0.717) is 11.3 Å². The van der Waals surface area contributed by atoms with Gasteiger partial charge in [-0.2, -0.15) is 5.10 Å². The smallest absolute Gasteiger partial charge is 0.279 e. The minimum absolute atomic E-state index is 0.190. The number of benzene rings is 1. The van der Waals surface area contributed by atoms with Crippen molar-refractivity contribution in [2.24, 2.45) is 7.05 Å². The lowest BCUT2D eigenvalue weighted by molar-refractivity contribution is 0.101. The zero-order valence-electron chi connectivity index (χ0n) is 13.2. The molecule has 2 heterocycles. The number of hydrogen-bond donors (Lipinski definition) is 2. The first-order chi connectivity index (χ1) is 12.1. The van der Waals surface area contributed by atoms with E-state index >= 15 is 0 Å². The van der Waals surface area contributed by atoms with Crippen molar-refractivity contribution in [1.29, 1.82) is 0 Å². The van der Waals surface area contributed by atoms with E-state index in [4.69, 9.17) is 0 Å². The lowest BCUT2D eigenvalue weighted by Crippen LogP contribution is -2.15. The third-order valence-corrected chi connectivity index (χ3v) is 3.39. The zero-order valence-corrected chi connectivity index (χ0v) is 13.2. The summed E-state index contributed by atoms with van der Waals surface area (Å²) in [6, 6.07) is 11.6. The van der Waals surface area contributed by atoms with Crippen molar-refractivity contribution in [3.63, 3.8) is 0 Å². The van der Waals surface area contributed by atoms with Crippen LogP contribution < -0.4 is 10.6 Å². The van der Waals surface area contributed by atoms with Gasteiger partial charge < -0.3 is 10.6 Å². The predicted molar refractivity (Wildman–Crippen MR) is 89.8 cm³/mol. The summed E-state index contributed by atoms with van der Waals surface area (Å²) in [7, 11) is 1.44. The van der Waals surface area contributed by atoms with E-state index in [2.05, 4.69) is 20.7 Å². The standard InChI is InChI=1S/C17H14FN5O2/c1-23-15(21-16(24)11-6-3-2-4-7-11)13(18)14(22-23)17(25)20-12-8-5-9-19-10-12/h2-10H,1H3,(H,20,25)(H,21,24). The summed E-state index contributed by atoms with van der Waals surface area (Å²) in [5, 5.41) is 8.77. The molecular weight excluding hydrogens is 325 g/mol. The molecule has 0 radical (unpaired) electrons. The molecule has 0 saturated heterocycles. The Morgan fingerprint density at radius 2 is 1.80 bits per heavy atom. The Morgan fingerprint density at radius 1 is 1.04 bits per heavy atom. The molecule has 0 aliphatic carbocycles. The Bertz CT molecular complexity index is 910. The molecule has 0 aliphatic heterocycles. The number of hydrogen-bond acceptors (Lipinski definition) is 4. The maximum Gasteiger partial charge on any atom is 0.279 e. The minimum Gasteiger partial charge on any atom is -0.319 e. The first kappa shape index (κ1) is 16.3. The number of pyridine rings is 1. The van der Waals surface area contributed by atoms with Gasteiger partial charge in [-0.15, -0.1) is 0 Å². The summed E-state index contributed by atoms with van der Waals surface area (Å²) in [5.41, 5.74) is 0.353. The topological polar surface area (TPSA) is 88.9 Å². The number of rotatable bonds is 4. The molecule has 0 spiro atoms. The molecule has 8 heteroatoms. The van der Waals surface area contributed by atoms with Gasteiger partial charge in [-0.3, -0.25) is 14.6 Å². The highest BCUT2D eigenvalue weighted by molar-refractivity contribution is 6.06. The molecule has 0 saturated carbocycles. The highest BCUT2D eigenvalue weighted by Crippen LogP contribution is 2.19. The summed E-state index contributed by atoms with van der Waals surface area (Å²) in [6.07, 6.45) is 2.98. The lowest BCUT2D eigenvalue weighted by atomic mass is 10.2. The average Bonchev–Trinajstić information content (AvgIpc) is 2.91. The molecule has 2 N–H and O–H groups in total. The number of anilines is 2. The van der Waals surface area contributed by atoms with E-state index in [1.165, 1.54) is 13.2 Å². The van der Waals surface area contributed by atoms with Gasteiger partial charge in [-0.25, -0.2) is 9.07 Å². The van der Waals surface area contributed by atoms with Crippen LogP contribution in [0.1, 0.15) is 20.8 Å². The Morgan fingerprint density at radius 3 is 2.48 bits per heavy atom. The van der Waals surface area contributed by atoms with Gasteiger partial charge in [0, 0.05) is 18.8 Å². The predicted octanol–water partition coefficient (Wildman–Crippen LogP) is 2.46. The summed E-state index contributed by atoms with van der Waals surface area (Å²) in [4.78, 5) is 28.2. The third-order valence-electron chi connectivity index (χ3n) is 3.39. The molecule has 0 atom stereocenters. The Balaban J connectivity index is 1.81. The number of nitrogens with one attached hydrogen (secondary N) is 2. The van der Waals surface area contributed by atoms with Crippen LogP contribution >= 0.6 is 0 Å². The Hall–Kier alpha value is -3.55. The van der Waals surface area contributed by atoms with E-state index in [0.717, 1.165) is 4.68 Å². The Kier molecular flexibility index (Phi) is 4.51. The van der Waals surface area contributed by atoms with Crippen molar-refractivity contribution in [3.8, 4) is 0 Å². The number of aromatic nitrogens is 3. The second-order valence-electron chi connectivity index (χ2n) is 5.15. The fraction of sp³-hybridized carbons (Fsp3) is 0.0588. The molecule has 3 rings (SSSR count). The van der Waals surface area contributed by atoms with Crippen LogP contribution in [0.15, 0.2) is 54.9 Å². The molecule has 0 bridgehead atoms. The maximum atomic E-state index is 14.5. The van der Waals surface area contributed by atoms with Crippen LogP contribution in [0, 0.1) is 5.82 Å². The molecule has 3 aromatic rings. The van der Waals surface area contributed by atoms with Gasteiger partial charge >= 0.3 is 0 Å². The van der Waals surface area contributed by atoms with Gasteiger partial charge in [0.1, 0.15) is 0 Å². The number of amides is 2. The largest absolute Gasteiger partial charge is 0.319 e. The van der Waals surface area contributed by atoms with Crippen molar-refractivity contribution in [3.05, 3.63) is 71.9 Å². The molecule has 126 valence electrons. The van der Waals surface area contributed by atoms with E-state index < -0.39 is 23.3 Å². The van der Waals surface area contributed by atoms with Gasteiger partial charge in [0.25, 0.3) is 11.8 Å². The van der Waals surface area contributed by atoms with Gasteiger partial charge in [-0.05, 0) is 24.3 Å². The number of halogens is 1. The zero-order chi connectivity index (χ0) is 17.8. The molecular formula is C17H14FN5O2. The van der Waals surface area contributed by atoms with Gasteiger partial charge in [0.2, 0.25) is 0 Å². The first-order valence-corrected chi connectivity index (χ1v) is 7.36. The van der Waals surface area contributed by atoms with Crippen molar-refractivity contribution in [1.82, 2.24) is 14.8 Å². The van der Waals surface area contributed by atoms with Crippen LogP contribution in [0.4, 0.5) is 15.9 Å². The quantitative estimate of drug-likeness (QED) is 0.764. The molecule has 2 amide bonds. The van der Waals surface area contributed by atoms with Crippen molar-refractivity contribution < 1.29 is 14.0 Å². The van der Waals surface area contributed by atoms with Crippen LogP contribution in [0.3, 0.4) is 0 Å². The van der Waals surface area contributed by atoms with Gasteiger partial charge in [0.05, 0.1) is 11.9 Å². The van der Waals surface area contributed by atoms with Crippen molar-refractivity contribution in [2.75, 3.05) is 10.6 Å². The summed E-state index contributed by atoms with van der Waals surface area (Å²) < 4.78 is 15.7. The fourth-order valence-electron chi connectivity index (χ4n) is 2.18. The number of nitrogens with zero attached hydrogens (tertiary/aromatic N) is 3. The SMILES string of the molecule is Cn1nc(C(=O)Nc2cccnc2)c(F)c1NC(=O)c1ccccc1. The van der Waals surface area contributed by atoms with Crippen LogP contribution in [0.25, 0.3) is 0 Å². The molecule has 7 nitrogen and oxygen atoms in total. The normalized spacial score (nSPS) is 10.3. The molecule has 0 unspecified atom stereocenters. The summed E-state index contributed by atoms with van der Waals surface area (Å²) in [6.45, 7) is 0. The number of aryl methyl sites for hydroxylation is 1. The summed E-state index contributed by atoms with van der Waals surface area (Å²) in [5.74, 6) is -2.33. The first-order valence-electron chi connectivity index (χ1n) is 7.36. The van der Waals surface area contributed by atoms with Crippen LogP contribution in [0.5, 0.6) is 0 Å². The molecule has 0 fully saturated rings. The molecule has 25 heavy (non-hydrogen) atoms. The van der Waals surface area contributed by atoms with Crippen molar-refractivity contribution >= 4 is 23.3 Å². The molecule has 0 aliphatic rings. The van der Waals surface area contributed by atoms with E-state index in [1.807, 2.05) is 0 Å². The van der Waals surface area contributed by atoms with Crippen LogP contribution in [-0.4, -0.2) is 26.6 Å². The number of carbonyl (C=O) groups is 2. The fourth-order valence-corrected chi connectivity index (χ4v) is 2.18.